The highest BCUT2D eigenvalue weighted by Crippen LogP contribution is 2.19. The number of fused-ring (bicyclic) bond motifs is 1. The van der Waals surface area contributed by atoms with E-state index in [1.165, 1.54) is 12.3 Å². The molecule has 4 heterocycles. The number of nitrogens with one attached hydrogen (secondary N) is 1. The lowest BCUT2D eigenvalue weighted by Crippen LogP contribution is -2.38. The summed E-state index contributed by atoms with van der Waals surface area (Å²) in [5.41, 5.74) is 1.75. The molecule has 1 fully saturated rings. The van der Waals surface area contributed by atoms with Crippen molar-refractivity contribution in [3.8, 4) is 0 Å². The van der Waals surface area contributed by atoms with E-state index in [1.807, 2.05) is 31.3 Å². The van der Waals surface area contributed by atoms with E-state index in [4.69, 9.17) is 0 Å². The smallest absolute Gasteiger partial charge is 0.139 e. The largest absolute Gasteiger partial charge is 0.367 e. The highest BCUT2D eigenvalue weighted by Gasteiger charge is 2.20. The van der Waals surface area contributed by atoms with Crippen molar-refractivity contribution in [2.24, 2.45) is 0 Å². The molecule has 0 unspecified atom stereocenters. The Hall–Kier alpha value is -2.74. The van der Waals surface area contributed by atoms with Crippen LogP contribution in [0.5, 0.6) is 0 Å². The van der Waals surface area contributed by atoms with Crippen LogP contribution in [0.2, 0.25) is 0 Å². The van der Waals surface area contributed by atoms with Gasteiger partial charge in [-0.25, -0.2) is 19.3 Å². The van der Waals surface area contributed by atoms with Crippen LogP contribution in [0.25, 0.3) is 5.65 Å². The molecule has 7 nitrogen and oxygen atoms in total. The fraction of sp³-hybridized carbons (Fsp3) is 0.421. The SMILES string of the molecule is CN(C)c1cc(NC2CCN(Cc3cn4cc(F)ccc4n3)CC2)ncn1. The van der Waals surface area contributed by atoms with Crippen LogP contribution >= 0.6 is 0 Å². The molecule has 0 spiro atoms. The fourth-order valence-electron chi connectivity index (χ4n) is 3.44. The molecule has 8 heteroatoms. The Balaban J connectivity index is 1.32. The summed E-state index contributed by atoms with van der Waals surface area (Å²) in [5, 5.41) is 3.52. The van der Waals surface area contributed by atoms with E-state index in [0.717, 1.165) is 55.5 Å². The third-order valence-electron chi connectivity index (χ3n) is 4.90. The lowest BCUT2D eigenvalue weighted by atomic mass is 10.0. The minimum Gasteiger partial charge on any atom is -0.367 e. The first-order valence-electron chi connectivity index (χ1n) is 9.18. The molecule has 1 N–H and O–H groups in total. The number of imidazole rings is 1. The van der Waals surface area contributed by atoms with Crippen molar-refractivity contribution in [1.82, 2.24) is 24.3 Å². The molecule has 0 atom stereocenters. The maximum absolute atomic E-state index is 13.3. The molecule has 0 aromatic carbocycles. The maximum atomic E-state index is 13.3. The molecule has 142 valence electrons. The Labute approximate surface area is 157 Å². The van der Waals surface area contributed by atoms with Crippen LogP contribution in [0.3, 0.4) is 0 Å². The summed E-state index contributed by atoms with van der Waals surface area (Å²) >= 11 is 0. The number of hydrogen-bond donors (Lipinski definition) is 1. The lowest BCUT2D eigenvalue weighted by molar-refractivity contribution is 0.209. The Bertz CT molecular complexity index is 915. The molecular formula is C19H24FN7. The van der Waals surface area contributed by atoms with Crippen LogP contribution in [0.4, 0.5) is 16.0 Å². The molecule has 0 aliphatic carbocycles. The zero-order valence-electron chi connectivity index (χ0n) is 15.6. The maximum Gasteiger partial charge on any atom is 0.139 e. The summed E-state index contributed by atoms with van der Waals surface area (Å²) in [5.74, 6) is 1.52. The molecule has 3 aromatic heterocycles. The molecule has 0 amide bonds. The Morgan fingerprint density at radius 1 is 1.19 bits per heavy atom. The fourth-order valence-corrected chi connectivity index (χ4v) is 3.44. The van der Waals surface area contributed by atoms with Gasteiger partial charge in [-0.1, -0.05) is 0 Å². The van der Waals surface area contributed by atoms with Crippen LogP contribution in [-0.2, 0) is 6.54 Å². The van der Waals surface area contributed by atoms with E-state index in [2.05, 4.69) is 25.2 Å². The van der Waals surface area contributed by atoms with Crippen LogP contribution in [0.15, 0.2) is 36.9 Å². The van der Waals surface area contributed by atoms with Crippen molar-refractivity contribution in [3.05, 3.63) is 48.4 Å². The summed E-state index contributed by atoms with van der Waals surface area (Å²) in [6.45, 7) is 2.77. The molecular weight excluding hydrogens is 345 g/mol. The Morgan fingerprint density at radius 3 is 2.78 bits per heavy atom. The molecule has 1 saturated heterocycles. The van der Waals surface area contributed by atoms with Gasteiger partial charge in [0.2, 0.25) is 0 Å². The second-order valence-corrected chi connectivity index (χ2v) is 7.20. The van der Waals surface area contributed by atoms with Gasteiger partial charge in [0, 0.05) is 58.2 Å². The zero-order valence-corrected chi connectivity index (χ0v) is 15.6. The molecule has 27 heavy (non-hydrogen) atoms. The third-order valence-corrected chi connectivity index (χ3v) is 4.90. The lowest BCUT2D eigenvalue weighted by Gasteiger charge is -2.32. The van der Waals surface area contributed by atoms with Crippen molar-refractivity contribution >= 4 is 17.3 Å². The zero-order chi connectivity index (χ0) is 18.8. The molecule has 0 radical (unpaired) electrons. The topological polar surface area (TPSA) is 61.6 Å². The van der Waals surface area contributed by atoms with Gasteiger partial charge in [0.15, 0.2) is 0 Å². The monoisotopic (exact) mass is 369 g/mol. The van der Waals surface area contributed by atoms with E-state index in [-0.39, 0.29) is 5.82 Å². The highest BCUT2D eigenvalue weighted by molar-refractivity contribution is 5.47. The third kappa shape index (κ3) is 4.16. The summed E-state index contributed by atoms with van der Waals surface area (Å²) < 4.78 is 15.1. The molecule has 1 aliphatic rings. The van der Waals surface area contributed by atoms with E-state index in [0.29, 0.717) is 6.04 Å². The van der Waals surface area contributed by atoms with Gasteiger partial charge < -0.3 is 14.6 Å². The predicted molar refractivity (Wildman–Crippen MR) is 103 cm³/mol. The van der Waals surface area contributed by atoms with Crippen molar-refractivity contribution in [3.63, 3.8) is 0 Å². The van der Waals surface area contributed by atoms with E-state index < -0.39 is 0 Å². The van der Waals surface area contributed by atoms with Gasteiger partial charge in [-0.3, -0.25) is 4.90 Å². The average Bonchev–Trinajstić information content (AvgIpc) is 3.05. The minimum atomic E-state index is -0.250. The van der Waals surface area contributed by atoms with Gasteiger partial charge in [-0.05, 0) is 25.0 Å². The number of piperidine rings is 1. The first kappa shape index (κ1) is 17.7. The first-order valence-corrected chi connectivity index (χ1v) is 9.18. The van der Waals surface area contributed by atoms with Gasteiger partial charge >= 0.3 is 0 Å². The molecule has 3 aromatic rings. The van der Waals surface area contributed by atoms with Gasteiger partial charge in [0.05, 0.1) is 5.69 Å². The number of pyridine rings is 1. The van der Waals surface area contributed by atoms with Crippen LogP contribution in [0.1, 0.15) is 18.5 Å². The van der Waals surface area contributed by atoms with Gasteiger partial charge in [0.25, 0.3) is 0 Å². The minimum absolute atomic E-state index is 0.250. The standard InChI is InChI=1S/C19H24FN7/c1-25(2)19-9-17(21-13-22-19)23-15-5-7-26(8-6-15)11-16-12-27-10-14(20)3-4-18(27)24-16/h3-4,9-10,12-13,15H,5-8,11H2,1-2H3,(H,21,22,23). The van der Waals surface area contributed by atoms with Gasteiger partial charge in [0.1, 0.15) is 29.4 Å². The quantitative estimate of drug-likeness (QED) is 0.745. The number of nitrogens with zero attached hydrogens (tertiary/aromatic N) is 6. The highest BCUT2D eigenvalue weighted by atomic mass is 19.1. The predicted octanol–water partition coefficient (Wildman–Crippen LogP) is 2.41. The number of likely N-dealkylation sites (tertiary alicyclic amines) is 1. The second-order valence-electron chi connectivity index (χ2n) is 7.20. The van der Waals surface area contributed by atoms with Gasteiger partial charge in [-0.2, -0.15) is 0 Å². The van der Waals surface area contributed by atoms with E-state index in [1.54, 1.807) is 16.8 Å². The summed E-state index contributed by atoms with van der Waals surface area (Å²) in [7, 11) is 3.94. The van der Waals surface area contributed by atoms with Crippen molar-refractivity contribution in [2.75, 3.05) is 37.4 Å². The van der Waals surface area contributed by atoms with Crippen molar-refractivity contribution < 1.29 is 4.39 Å². The average molecular weight is 369 g/mol. The summed E-state index contributed by atoms with van der Waals surface area (Å²) in [4.78, 5) is 17.5. The summed E-state index contributed by atoms with van der Waals surface area (Å²) in [6, 6.07) is 5.53. The Kier molecular flexibility index (Phi) is 4.89. The van der Waals surface area contributed by atoms with Crippen molar-refractivity contribution in [1.29, 1.82) is 0 Å². The van der Waals surface area contributed by atoms with Crippen LogP contribution in [0, 0.1) is 5.82 Å². The van der Waals surface area contributed by atoms with Crippen LogP contribution < -0.4 is 10.2 Å². The number of hydrogen-bond acceptors (Lipinski definition) is 6. The van der Waals surface area contributed by atoms with E-state index in [9.17, 15) is 4.39 Å². The molecule has 1 aliphatic heterocycles. The molecule has 0 saturated carbocycles. The van der Waals surface area contributed by atoms with Crippen LogP contribution in [-0.4, -0.2) is 57.5 Å². The normalized spacial score (nSPS) is 16.0. The van der Waals surface area contributed by atoms with Crippen molar-refractivity contribution in [2.45, 2.75) is 25.4 Å². The number of rotatable bonds is 5. The summed E-state index contributed by atoms with van der Waals surface area (Å²) in [6.07, 6.45) is 7.06. The first-order chi connectivity index (χ1) is 13.1. The number of halogens is 1. The van der Waals surface area contributed by atoms with Gasteiger partial charge in [-0.15, -0.1) is 0 Å². The second kappa shape index (κ2) is 7.48. The number of anilines is 2. The number of aromatic nitrogens is 4. The Morgan fingerprint density at radius 2 is 2.00 bits per heavy atom. The molecule has 0 bridgehead atoms. The molecule has 4 rings (SSSR count). The van der Waals surface area contributed by atoms with E-state index >= 15 is 0 Å².